The molecule has 0 aliphatic rings. The van der Waals surface area contributed by atoms with Gasteiger partial charge in [-0.1, -0.05) is 26.8 Å². The molecule has 5 heteroatoms. The molecular formula is C23H28N2O3. The van der Waals surface area contributed by atoms with E-state index in [4.69, 9.17) is 10.00 Å². The maximum Gasteiger partial charge on any atom is 0.334 e. The van der Waals surface area contributed by atoms with Gasteiger partial charge in [-0.3, -0.25) is 0 Å². The lowest BCUT2D eigenvalue weighted by Crippen LogP contribution is -2.43. The van der Waals surface area contributed by atoms with Gasteiger partial charge in [-0.15, -0.1) is 0 Å². The molecule has 1 unspecified atom stereocenters. The van der Waals surface area contributed by atoms with Crippen LogP contribution in [0.2, 0.25) is 0 Å². The number of carboxylic acids is 1. The zero-order valence-corrected chi connectivity index (χ0v) is 17.1. The van der Waals surface area contributed by atoms with E-state index in [1.54, 1.807) is 24.3 Å². The van der Waals surface area contributed by atoms with Gasteiger partial charge < -0.3 is 15.2 Å². The Morgan fingerprint density at radius 1 is 1.18 bits per heavy atom. The molecule has 5 nitrogen and oxygen atoms in total. The molecule has 2 aromatic carbocycles. The quantitative estimate of drug-likeness (QED) is 0.652. The van der Waals surface area contributed by atoms with E-state index in [1.807, 2.05) is 39.0 Å². The van der Waals surface area contributed by atoms with Crippen LogP contribution in [-0.4, -0.2) is 17.2 Å². The fourth-order valence-corrected chi connectivity index (χ4v) is 3.19. The van der Waals surface area contributed by atoms with Crippen molar-refractivity contribution in [3.05, 3.63) is 59.2 Å². The SMILES string of the molecule is CCC(Nc1ccc(C#N)cc1)(C(=O)O)c1ccc(OC(C)C)c(C(C)C)c1. The van der Waals surface area contributed by atoms with Gasteiger partial charge in [-0.25, -0.2) is 4.79 Å². The summed E-state index contributed by atoms with van der Waals surface area (Å²) in [4.78, 5) is 12.4. The van der Waals surface area contributed by atoms with Crippen LogP contribution in [0.4, 0.5) is 5.69 Å². The maximum absolute atomic E-state index is 12.4. The second-order valence-corrected chi connectivity index (χ2v) is 7.45. The highest BCUT2D eigenvalue weighted by Gasteiger charge is 2.39. The third-order valence-electron chi connectivity index (χ3n) is 4.75. The topological polar surface area (TPSA) is 82.4 Å². The van der Waals surface area contributed by atoms with Crippen LogP contribution >= 0.6 is 0 Å². The highest BCUT2D eigenvalue weighted by Crippen LogP contribution is 2.36. The lowest BCUT2D eigenvalue weighted by molar-refractivity contribution is -0.142. The smallest absolute Gasteiger partial charge is 0.334 e. The number of carboxylic acid groups (broad SMARTS) is 1. The van der Waals surface area contributed by atoms with Crippen LogP contribution in [0.25, 0.3) is 0 Å². The largest absolute Gasteiger partial charge is 0.491 e. The van der Waals surface area contributed by atoms with Gasteiger partial charge in [0.15, 0.2) is 5.54 Å². The molecule has 2 N–H and O–H groups in total. The monoisotopic (exact) mass is 380 g/mol. The van der Waals surface area contributed by atoms with E-state index in [0.29, 0.717) is 23.2 Å². The van der Waals surface area contributed by atoms with Gasteiger partial charge in [0.2, 0.25) is 0 Å². The zero-order valence-electron chi connectivity index (χ0n) is 17.1. The number of ether oxygens (including phenoxy) is 1. The number of nitriles is 1. The number of nitrogens with one attached hydrogen (secondary N) is 1. The first-order chi connectivity index (χ1) is 13.2. The molecule has 0 spiro atoms. The first-order valence-corrected chi connectivity index (χ1v) is 9.56. The number of hydrogen-bond donors (Lipinski definition) is 2. The molecule has 28 heavy (non-hydrogen) atoms. The van der Waals surface area contributed by atoms with E-state index in [9.17, 15) is 9.90 Å². The number of nitrogens with zero attached hydrogens (tertiary/aromatic N) is 1. The number of rotatable bonds is 8. The standard InChI is InChI=1S/C23H28N2O3/c1-6-23(22(26)27,25-19-10-7-17(14-24)8-11-19)18-9-12-21(28-16(4)5)20(13-18)15(2)3/h7-13,15-16,25H,6H2,1-5H3,(H,26,27). The summed E-state index contributed by atoms with van der Waals surface area (Å²) in [5.41, 5.74) is 1.55. The fraction of sp³-hybridized carbons (Fsp3) is 0.391. The van der Waals surface area contributed by atoms with Crippen molar-refractivity contribution in [3.8, 4) is 11.8 Å². The molecule has 1 atom stereocenters. The minimum absolute atomic E-state index is 0.0375. The van der Waals surface area contributed by atoms with E-state index in [-0.39, 0.29) is 12.0 Å². The minimum atomic E-state index is -1.28. The molecule has 0 fully saturated rings. The zero-order chi connectivity index (χ0) is 20.9. The van der Waals surface area contributed by atoms with Crippen LogP contribution < -0.4 is 10.1 Å². The highest BCUT2D eigenvalue weighted by atomic mass is 16.5. The molecule has 2 aromatic rings. The van der Waals surface area contributed by atoms with Gasteiger partial charge in [0.05, 0.1) is 17.7 Å². The van der Waals surface area contributed by atoms with Crippen LogP contribution in [0.5, 0.6) is 5.75 Å². The Labute approximate surface area is 167 Å². The first kappa shape index (κ1) is 21.3. The molecule has 0 aliphatic carbocycles. The molecule has 0 saturated heterocycles. The summed E-state index contributed by atoms with van der Waals surface area (Å²) < 4.78 is 5.91. The van der Waals surface area contributed by atoms with Gasteiger partial charge in [0.25, 0.3) is 0 Å². The first-order valence-electron chi connectivity index (χ1n) is 9.56. The minimum Gasteiger partial charge on any atom is -0.491 e. The summed E-state index contributed by atoms with van der Waals surface area (Å²) in [5, 5.41) is 22.3. The van der Waals surface area contributed by atoms with E-state index in [0.717, 1.165) is 11.3 Å². The van der Waals surface area contributed by atoms with Crippen LogP contribution in [0.1, 0.15) is 63.6 Å². The highest BCUT2D eigenvalue weighted by molar-refractivity contribution is 5.85. The number of carbonyl (C=O) groups is 1. The van der Waals surface area contributed by atoms with Crippen molar-refractivity contribution in [3.63, 3.8) is 0 Å². The van der Waals surface area contributed by atoms with Gasteiger partial charge >= 0.3 is 5.97 Å². The van der Waals surface area contributed by atoms with E-state index < -0.39 is 11.5 Å². The molecule has 148 valence electrons. The summed E-state index contributed by atoms with van der Waals surface area (Å²) in [6.07, 6.45) is 0.389. The van der Waals surface area contributed by atoms with Crippen LogP contribution in [0.3, 0.4) is 0 Å². The summed E-state index contributed by atoms with van der Waals surface area (Å²) in [5.74, 6) is 0.0149. The van der Waals surface area contributed by atoms with Gasteiger partial charge in [-0.2, -0.15) is 5.26 Å². The van der Waals surface area contributed by atoms with Gasteiger partial charge in [-0.05, 0) is 73.7 Å². The Balaban J connectivity index is 2.53. The lowest BCUT2D eigenvalue weighted by Gasteiger charge is -2.32. The number of benzene rings is 2. The number of hydrogen-bond acceptors (Lipinski definition) is 4. The van der Waals surface area contributed by atoms with E-state index in [2.05, 4.69) is 25.2 Å². The fourth-order valence-electron chi connectivity index (χ4n) is 3.19. The molecule has 0 bridgehead atoms. The van der Waals surface area contributed by atoms with Crippen molar-refractivity contribution in [2.45, 2.75) is 58.6 Å². The lowest BCUT2D eigenvalue weighted by atomic mass is 9.84. The average molecular weight is 380 g/mol. The summed E-state index contributed by atoms with van der Waals surface area (Å²) in [6, 6.07) is 14.5. The molecule has 0 radical (unpaired) electrons. The normalized spacial score (nSPS) is 13.1. The maximum atomic E-state index is 12.4. The third kappa shape index (κ3) is 4.45. The Morgan fingerprint density at radius 2 is 1.82 bits per heavy atom. The molecule has 0 heterocycles. The van der Waals surface area contributed by atoms with Crippen molar-refractivity contribution in [2.75, 3.05) is 5.32 Å². The predicted octanol–water partition coefficient (Wildman–Crippen LogP) is 5.27. The molecule has 0 aliphatic heterocycles. The molecule has 0 saturated carbocycles. The Hall–Kier alpha value is -3.00. The molecule has 0 amide bonds. The van der Waals surface area contributed by atoms with Crippen molar-refractivity contribution >= 4 is 11.7 Å². The second-order valence-electron chi connectivity index (χ2n) is 7.45. The van der Waals surface area contributed by atoms with Crippen molar-refractivity contribution in [1.82, 2.24) is 0 Å². The second kappa shape index (κ2) is 8.79. The van der Waals surface area contributed by atoms with Crippen molar-refractivity contribution < 1.29 is 14.6 Å². The Bertz CT molecular complexity index is 866. The number of anilines is 1. The average Bonchev–Trinajstić information content (AvgIpc) is 2.66. The summed E-state index contributed by atoms with van der Waals surface area (Å²) in [6.45, 7) is 9.91. The van der Waals surface area contributed by atoms with Gasteiger partial charge in [0, 0.05) is 5.69 Å². The van der Waals surface area contributed by atoms with Crippen LogP contribution in [0.15, 0.2) is 42.5 Å². The Morgan fingerprint density at radius 3 is 2.29 bits per heavy atom. The van der Waals surface area contributed by atoms with Crippen molar-refractivity contribution in [2.24, 2.45) is 0 Å². The van der Waals surface area contributed by atoms with E-state index >= 15 is 0 Å². The van der Waals surface area contributed by atoms with Crippen LogP contribution in [-0.2, 0) is 10.3 Å². The summed E-state index contributed by atoms with van der Waals surface area (Å²) >= 11 is 0. The predicted molar refractivity (Wildman–Crippen MR) is 111 cm³/mol. The Kier molecular flexibility index (Phi) is 6.69. The van der Waals surface area contributed by atoms with Gasteiger partial charge in [0.1, 0.15) is 5.75 Å². The number of aliphatic carboxylic acids is 1. The third-order valence-corrected chi connectivity index (χ3v) is 4.75. The van der Waals surface area contributed by atoms with Crippen molar-refractivity contribution in [1.29, 1.82) is 5.26 Å². The summed E-state index contributed by atoms with van der Waals surface area (Å²) in [7, 11) is 0. The molecule has 0 aromatic heterocycles. The molecule has 2 rings (SSSR count). The van der Waals surface area contributed by atoms with Crippen LogP contribution in [0, 0.1) is 11.3 Å². The van der Waals surface area contributed by atoms with E-state index in [1.165, 1.54) is 0 Å². The molecular weight excluding hydrogens is 352 g/mol.